The fourth-order valence-electron chi connectivity index (χ4n) is 8.83. The summed E-state index contributed by atoms with van der Waals surface area (Å²) in [5, 5.41) is 11.6. The van der Waals surface area contributed by atoms with Crippen LogP contribution in [0.25, 0.3) is 0 Å². The van der Waals surface area contributed by atoms with E-state index in [0.717, 1.165) is 32.3 Å². The molecule has 1 aliphatic heterocycles. The van der Waals surface area contributed by atoms with Crippen molar-refractivity contribution < 1.29 is 28.9 Å². The van der Waals surface area contributed by atoms with Gasteiger partial charge in [0.15, 0.2) is 0 Å². The van der Waals surface area contributed by atoms with Crippen LogP contribution in [0.3, 0.4) is 0 Å². The van der Waals surface area contributed by atoms with E-state index in [1.54, 1.807) is 7.11 Å². The molecule has 1 N–H and O–H groups in total. The zero-order valence-electron chi connectivity index (χ0n) is 18.0. The van der Waals surface area contributed by atoms with Crippen molar-refractivity contribution in [3.05, 3.63) is 0 Å². The molecule has 0 aromatic carbocycles. The minimum atomic E-state index is -1.01. The normalized spacial score (nSPS) is 55.8. The molecular formula is C23H34O6. The van der Waals surface area contributed by atoms with E-state index in [1.165, 1.54) is 6.92 Å². The standard InChI is InChI=1S/C23H34O6/c1-12-14-8-15(29-13(2)24)18-22-7-5-6-21(3,10-28-11-22)16(22)9-17(27-4)23(18,19(12)25)20(14)26/h12,14-18,20,26H,5-11H2,1-4H3. The van der Waals surface area contributed by atoms with E-state index < -0.39 is 11.5 Å². The minimum absolute atomic E-state index is 0.0325. The van der Waals surface area contributed by atoms with Gasteiger partial charge in [-0.2, -0.15) is 0 Å². The highest BCUT2D eigenvalue weighted by molar-refractivity contribution is 5.92. The first kappa shape index (κ1) is 20.0. The summed E-state index contributed by atoms with van der Waals surface area (Å²) in [6, 6.07) is 0. The van der Waals surface area contributed by atoms with Crippen LogP contribution in [-0.4, -0.2) is 55.5 Å². The Balaban J connectivity index is 1.74. The number of Topliss-reactive ketones (excluding diaryl/α,β-unsaturated/α-hetero) is 1. The second-order valence-corrected chi connectivity index (χ2v) is 10.8. The van der Waals surface area contributed by atoms with Crippen molar-refractivity contribution in [3.8, 4) is 0 Å². The van der Waals surface area contributed by atoms with Gasteiger partial charge in [-0.3, -0.25) is 9.59 Å². The van der Waals surface area contributed by atoms with Crippen molar-refractivity contribution in [1.29, 1.82) is 0 Å². The molecule has 5 rings (SSSR count). The van der Waals surface area contributed by atoms with Crippen molar-refractivity contribution in [2.45, 2.75) is 71.2 Å². The van der Waals surface area contributed by atoms with Gasteiger partial charge in [0.2, 0.25) is 0 Å². The molecule has 0 amide bonds. The van der Waals surface area contributed by atoms with Crippen LogP contribution >= 0.6 is 0 Å². The number of ether oxygens (including phenoxy) is 3. The number of rotatable bonds is 2. The van der Waals surface area contributed by atoms with E-state index in [1.807, 2.05) is 6.92 Å². The lowest BCUT2D eigenvalue weighted by molar-refractivity contribution is -0.298. The molecule has 6 nitrogen and oxygen atoms in total. The molecule has 1 spiro atoms. The summed E-state index contributed by atoms with van der Waals surface area (Å²) in [7, 11) is 1.67. The van der Waals surface area contributed by atoms with Crippen molar-refractivity contribution in [2.75, 3.05) is 20.3 Å². The van der Waals surface area contributed by atoms with Crippen LogP contribution in [0, 0.1) is 39.9 Å². The largest absolute Gasteiger partial charge is 0.462 e. The Morgan fingerprint density at radius 1 is 1.24 bits per heavy atom. The summed E-state index contributed by atoms with van der Waals surface area (Å²) >= 11 is 0. The Labute approximate surface area is 172 Å². The average Bonchev–Trinajstić information content (AvgIpc) is 2.77. The number of fused-ring (bicyclic) bond motifs is 1. The molecule has 0 radical (unpaired) electrons. The molecule has 162 valence electrons. The first-order valence-electron chi connectivity index (χ1n) is 11.2. The van der Waals surface area contributed by atoms with Crippen molar-refractivity contribution in [1.82, 2.24) is 0 Å². The van der Waals surface area contributed by atoms with E-state index >= 15 is 0 Å². The summed E-state index contributed by atoms with van der Waals surface area (Å²) in [4.78, 5) is 25.9. The van der Waals surface area contributed by atoms with E-state index in [0.29, 0.717) is 18.9 Å². The maximum atomic E-state index is 13.8. The number of carbonyl (C=O) groups is 2. The van der Waals surface area contributed by atoms with E-state index in [-0.39, 0.29) is 52.5 Å². The molecule has 4 saturated carbocycles. The number of carbonyl (C=O) groups excluding carboxylic acids is 2. The molecule has 10 atom stereocenters. The van der Waals surface area contributed by atoms with Gasteiger partial charge in [-0.05, 0) is 42.9 Å². The predicted molar refractivity (Wildman–Crippen MR) is 104 cm³/mol. The van der Waals surface area contributed by atoms with E-state index in [4.69, 9.17) is 14.2 Å². The number of esters is 1. The number of hydrogen-bond acceptors (Lipinski definition) is 6. The molecule has 5 fully saturated rings. The molecule has 4 bridgehead atoms. The van der Waals surface area contributed by atoms with Gasteiger partial charge in [-0.25, -0.2) is 0 Å². The van der Waals surface area contributed by atoms with Crippen LogP contribution in [0.1, 0.15) is 52.9 Å². The summed E-state index contributed by atoms with van der Waals surface area (Å²) in [6.07, 6.45) is 2.96. The molecule has 10 unspecified atom stereocenters. The van der Waals surface area contributed by atoms with Crippen molar-refractivity contribution >= 4 is 11.8 Å². The van der Waals surface area contributed by atoms with E-state index in [2.05, 4.69) is 6.92 Å². The second-order valence-electron chi connectivity index (χ2n) is 10.8. The Hall–Kier alpha value is -0.980. The number of ketones is 1. The molecule has 4 aliphatic carbocycles. The Bertz CT molecular complexity index is 723. The van der Waals surface area contributed by atoms with Gasteiger partial charge < -0.3 is 19.3 Å². The van der Waals surface area contributed by atoms with Gasteiger partial charge in [0.05, 0.1) is 30.8 Å². The highest BCUT2D eigenvalue weighted by Crippen LogP contribution is 2.73. The summed E-state index contributed by atoms with van der Waals surface area (Å²) < 4.78 is 18.1. The third-order valence-corrected chi connectivity index (χ3v) is 9.70. The van der Waals surface area contributed by atoms with E-state index in [9.17, 15) is 14.7 Å². The fourth-order valence-corrected chi connectivity index (χ4v) is 8.83. The Morgan fingerprint density at radius 2 is 2.00 bits per heavy atom. The highest BCUT2D eigenvalue weighted by Gasteiger charge is 2.79. The maximum Gasteiger partial charge on any atom is 0.302 e. The average molecular weight is 407 g/mol. The zero-order valence-corrected chi connectivity index (χ0v) is 18.0. The summed E-state index contributed by atoms with van der Waals surface area (Å²) in [6.45, 7) is 6.98. The van der Waals surface area contributed by atoms with Gasteiger partial charge in [0.25, 0.3) is 0 Å². The van der Waals surface area contributed by atoms with Crippen LogP contribution in [-0.2, 0) is 23.8 Å². The third kappa shape index (κ3) is 2.23. The first-order chi connectivity index (χ1) is 13.7. The zero-order chi connectivity index (χ0) is 20.8. The van der Waals surface area contributed by atoms with Gasteiger partial charge in [-0.15, -0.1) is 0 Å². The molecule has 1 saturated heterocycles. The Kier molecular flexibility index (Phi) is 4.31. The predicted octanol–water partition coefficient (Wildman–Crippen LogP) is 2.36. The summed E-state index contributed by atoms with van der Waals surface area (Å²) in [5.74, 6) is -0.572. The Morgan fingerprint density at radius 3 is 2.69 bits per heavy atom. The number of hydrogen-bond donors (Lipinski definition) is 1. The molecular weight excluding hydrogens is 372 g/mol. The molecule has 5 aliphatic rings. The second kappa shape index (κ2) is 6.27. The van der Waals surface area contributed by atoms with Gasteiger partial charge >= 0.3 is 5.97 Å². The molecule has 6 heteroatoms. The topological polar surface area (TPSA) is 82.1 Å². The van der Waals surface area contributed by atoms with Crippen LogP contribution in [0.15, 0.2) is 0 Å². The van der Waals surface area contributed by atoms with Crippen LogP contribution in [0.2, 0.25) is 0 Å². The van der Waals surface area contributed by atoms with Gasteiger partial charge in [-0.1, -0.05) is 20.3 Å². The smallest absolute Gasteiger partial charge is 0.302 e. The highest BCUT2D eigenvalue weighted by atomic mass is 16.5. The quantitative estimate of drug-likeness (QED) is 0.709. The lowest BCUT2D eigenvalue weighted by atomic mass is 9.38. The maximum absolute atomic E-state index is 13.8. The SMILES string of the molecule is COC1CC2C3(C)CCCC2(COC3)C2C(OC(C)=O)CC3C(C)C(=O)C12C3O. The fraction of sp³-hybridized carbons (Fsp3) is 0.913. The number of methoxy groups -OCH3 is 1. The molecule has 1 heterocycles. The molecule has 0 aromatic rings. The van der Waals surface area contributed by atoms with Crippen LogP contribution < -0.4 is 0 Å². The number of aliphatic hydroxyl groups is 1. The molecule has 29 heavy (non-hydrogen) atoms. The summed E-state index contributed by atoms with van der Waals surface area (Å²) in [5.41, 5.74) is -1.23. The van der Waals surface area contributed by atoms with Gasteiger partial charge in [0, 0.05) is 31.3 Å². The number of aliphatic hydroxyl groups excluding tert-OH is 1. The lowest BCUT2D eigenvalue weighted by Gasteiger charge is -2.69. The minimum Gasteiger partial charge on any atom is -0.462 e. The van der Waals surface area contributed by atoms with Crippen LogP contribution in [0.4, 0.5) is 0 Å². The molecule has 0 aromatic heterocycles. The first-order valence-corrected chi connectivity index (χ1v) is 11.2. The lowest BCUT2D eigenvalue weighted by Crippen LogP contribution is -2.74. The monoisotopic (exact) mass is 406 g/mol. The van der Waals surface area contributed by atoms with Crippen LogP contribution in [0.5, 0.6) is 0 Å². The van der Waals surface area contributed by atoms with Gasteiger partial charge in [0.1, 0.15) is 11.9 Å². The third-order valence-electron chi connectivity index (χ3n) is 9.70. The van der Waals surface area contributed by atoms with Crippen molar-refractivity contribution in [2.24, 2.45) is 39.9 Å². The van der Waals surface area contributed by atoms with Crippen molar-refractivity contribution in [3.63, 3.8) is 0 Å².